The second-order valence-electron chi connectivity index (χ2n) is 13.1. The number of hydrogen-bond donors (Lipinski definition) is 0. The first kappa shape index (κ1) is 32.8. The van der Waals surface area contributed by atoms with E-state index in [9.17, 15) is 0 Å². The van der Waals surface area contributed by atoms with Gasteiger partial charge in [0.15, 0.2) is 0 Å². The van der Waals surface area contributed by atoms with Crippen LogP contribution >= 0.6 is 0 Å². The maximum absolute atomic E-state index is 3.15. The molecule has 0 saturated carbocycles. The summed E-state index contributed by atoms with van der Waals surface area (Å²) in [6.07, 6.45) is 8.25. The second kappa shape index (κ2) is 13.4. The second-order valence-corrected chi connectivity index (χ2v) is 22.3. The molecule has 8 aromatic rings. The molecule has 0 aromatic heterocycles. The molecule has 0 bridgehead atoms. The molecule has 0 amide bonds. The van der Waals surface area contributed by atoms with Crippen molar-refractivity contribution >= 4 is 46.3 Å². The fourth-order valence-corrected chi connectivity index (χ4v) is 21.7. The number of halogens is 2. The monoisotopic (exact) mass is 846 g/mol. The SMILES string of the molecule is C1=CC[C]([Hf+2](=[C](c2ccc3ccccc3c2)c2ccc3ccccc3c2)[CH]2c3ccccc3-c3c2c2ccccc2c2ccccc32)=C1.[Cl-].[Cl-]. The number of fused-ring (bicyclic) bond motifs is 10. The van der Waals surface area contributed by atoms with Crippen molar-refractivity contribution in [2.45, 2.75) is 10.1 Å². The van der Waals surface area contributed by atoms with E-state index in [-0.39, 0.29) is 24.8 Å². The van der Waals surface area contributed by atoms with Crippen LogP contribution in [0.1, 0.15) is 32.3 Å². The van der Waals surface area contributed by atoms with Crippen molar-refractivity contribution in [3.8, 4) is 11.1 Å². The first-order chi connectivity index (χ1) is 23.8. The van der Waals surface area contributed by atoms with Crippen LogP contribution in [-0.2, 0) is 21.0 Å². The molecule has 0 aliphatic heterocycles. The molecule has 1 unspecified atom stereocenters. The Hall–Kier alpha value is -4.40. The number of benzene rings is 8. The summed E-state index contributed by atoms with van der Waals surface area (Å²) in [6, 6.07) is 59.8. The Bertz CT molecular complexity index is 2630. The average Bonchev–Trinajstić information content (AvgIpc) is 3.81. The van der Waals surface area contributed by atoms with Gasteiger partial charge in [0.1, 0.15) is 0 Å². The third-order valence-electron chi connectivity index (χ3n) is 10.6. The van der Waals surface area contributed by atoms with Crippen LogP contribution in [0, 0.1) is 0 Å². The average molecular weight is 846 g/mol. The van der Waals surface area contributed by atoms with Crippen LogP contribution in [0.2, 0.25) is 0 Å². The van der Waals surface area contributed by atoms with Gasteiger partial charge in [-0.25, -0.2) is 0 Å². The third kappa shape index (κ3) is 5.18. The predicted octanol–water partition coefficient (Wildman–Crippen LogP) is 6.11. The third-order valence-corrected chi connectivity index (χ3v) is 22.6. The molecule has 3 heteroatoms. The Morgan fingerprint density at radius 1 is 0.500 bits per heavy atom. The maximum atomic E-state index is 2.49. The van der Waals surface area contributed by atoms with Crippen LogP contribution in [0.5, 0.6) is 0 Å². The molecular weight excluding hydrogens is 814 g/mol. The van der Waals surface area contributed by atoms with Crippen LogP contribution in [0.15, 0.2) is 179 Å². The van der Waals surface area contributed by atoms with Gasteiger partial charge in [0.2, 0.25) is 0 Å². The molecule has 0 fully saturated rings. The van der Waals surface area contributed by atoms with E-state index >= 15 is 0 Å². The number of rotatable bonds is 4. The van der Waals surface area contributed by atoms with Gasteiger partial charge < -0.3 is 24.8 Å². The van der Waals surface area contributed by atoms with Gasteiger partial charge in [0.05, 0.1) is 0 Å². The smallest absolute Gasteiger partial charge is 1.00 e. The van der Waals surface area contributed by atoms with E-state index in [1.807, 2.05) is 0 Å². The fraction of sp³-hybridized carbons (Fsp3) is 0.0426. The molecule has 10 rings (SSSR count). The van der Waals surface area contributed by atoms with Crippen molar-refractivity contribution in [3.05, 3.63) is 202 Å². The summed E-state index contributed by atoms with van der Waals surface area (Å²) < 4.78 is 3.65. The molecule has 238 valence electrons. The fourth-order valence-electron chi connectivity index (χ4n) is 8.49. The van der Waals surface area contributed by atoms with Gasteiger partial charge in [-0.15, -0.1) is 0 Å². The zero-order valence-corrected chi connectivity index (χ0v) is 32.4. The Balaban J connectivity index is 0.00000180. The quantitative estimate of drug-likeness (QED) is 0.148. The van der Waals surface area contributed by atoms with Crippen LogP contribution in [0.3, 0.4) is 0 Å². The van der Waals surface area contributed by atoms with E-state index in [1.54, 1.807) is 12.1 Å². The van der Waals surface area contributed by atoms with Crippen molar-refractivity contribution in [2.24, 2.45) is 0 Å². The van der Waals surface area contributed by atoms with Gasteiger partial charge in [0.25, 0.3) is 0 Å². The maximum Gasteiger partial charge on any atom is -1.00 e. The van der Waals surface area contributed by atoms with Crippen LogP contribution in [0.4, 0.5) is 0 Å². The first-order valence-electron chi connectivity index (χ1n) is 16.9. The molecule has 0 saturated heterocycles. The molecule has 0 radical (unpaired) electrons. The Morgan fingerprint density at radius 3 is 1.64 bits per heavy atom. The molecule has 0 N–H and O–H groups in total. The van der Waals surface area contributed by atoms with E-state index in [4.69, 9.17) is 0 Å². The largest absolute Gasteiger partial charge is 1.00 e. The minimum Gasteiger partial charge on any atom is -1.00 e. The number of hydrogen-bond acceptors (Lipinski definition) is 0. The summed E-state index contributed by atoms with van der Waals surface area (Å²) in [7, 11) is 0. The van der Waals surface area contributed by atoms with Crippen molar-refractivity contribution in [1.82, 2.24) is 0 Å². The zero-order valence-electron chi connectivity index (χ0n) is 27.3. The van der Waals surface area contributed by atoms with Gasteiger partial charge in [0, 0.05) is 0 Å². The molecule has 0 spiro atoms. The minimum absolute atomic E-state index is 0. The molecular formula is C47H32Cl2Hf. The number of allylic oxidation sites excluding steroid dienone is 4. The van der Waals surface area contributed by atoms with E-state index in [1.165, 1.54) is 70.9 Å². The van der Waals surface area contributed by atoms with Crippen LogP contribution in [-0.4, -0.2) is 3.26 Å². The van der Waals surface area contributed by atoms with E-state index in [2.05, 4.69) is 176 Å². The van der Waals surface area contributed by atoms with Crippen molar-refractivity contribution in [2.75, 3.05) is 0 Å². The molecule has 0 heterocycles. The summed E-state index contributed by atoms with van der Waals surface area (Å²) in [4.78, 5) is 0. The molecule has 2 aliphatic rings. The summed E-state index contributed by atoms with van der Waals surface area (Å²) in [5, 5.41) is 10.7. The standard InChI is InChI=1S/C21H13.C21H14.C5H5.2ClH.Hf/c1-2-8-15-14(7-1)13-20-18-11-4-3-9-16(18)17-10-5-6-12-19(17)21(15)20;1-3-7-20-14-16(9-11-18(20)5-1)13-17-10-12-19-6-2-4-8-21(19)15-17;1-2-4-5-3-1;;;/h1-13H;1-12,14-15H;1-3H,4H2;2*1H;/q;;;;;+2/p-2. The Kier molecular flexibility index (Phi) is 8.77. The molecule has 8 aromatic carbocycles. The van der Waals surface area contributed by atoms with E-state index in [0.717, 1.165) is 6.42 Å². The van der Waals surface area contributed by atoms with Crippen molar-refractivity contribution in [3.63, 3.8) is 0 Å². The summed E-state index contributed by atoms with van der Waals surface area (Å²) in [5.74, 6) is 0. The zero-order chi connectivity index (χ0) is 31.6. The van der Waals surface area contributed by atoms with Gasteiger partial charge in [-0.1, -0.05) is 0 Å². The van der Waals surface area contributed by atoms with Gasteiger partial charge in [-0.05, 0) is 0 Å². The van der Waals surface area contributed by atoms with E-state index < -0.39 is 21.0 Å². The summed E-state index contributed by atoms with van der Waals surface area (Å²) >= 11 is -3.15. The van der Waals surface area contributed by atoms with Crippen molar-refractivity contribution in [1.29, 1.82) is 0 Å². The molecule has 0 nitrogen and oxygen atoms in total. The van der Waals surface area contributed by atoms with E-state index in [0.29, 0.717) is 3.67 Å². The normalized spacial score (nSPS) is 14.1. The summed E-state index contributed by atoms with van der Waals surface area (Å²) in [5.41, 5.74) is 8.72. The predicted molar refractivity (Wildman–Crippen MR) is 202 cm³/mol. The minimum atomic E-state index is -3.15. The van der Waals surface area contributed by atoms with Gasteiger partial charge >= 0.3 is 290 Å². The van der Waals surface area contributed by atoms with Gasteiger partial charge in [-0.2, -0.15) is 0 Å². The molecule has 50 heavy (non-hydrogen) atoms. The Labute approximate surface area is 312 Å². The Morgan fingerprint density at radius 2 is 1.02 bits per heavy atom. The first-order valence-corrected chi connectivity index (χ1v) is 22.6. The van der Waals surface area contributed by atoms with Gasteiger partial charge in [-0.3, -0.25) is 0 Å². The molecule has 1 atom stereocenters. The van der Waals surface area contributed by atoms with Crippen LogP contribution in [0.25, 0.3) is 54.2 Å². The summed E-state index contributed by atoms with van der Waals surface area (Å²) in [6.45, 7) is 0. The topological polar surface area (TPSA) is 0 Å². The molecule has 2 aliphatic carbocycles. The van der Waals surface area contributed by atoms with Crippen molar-refractivity contribution < 1.29 is 45.8 Å². The van der Waals surface area contributed by atoms with Crippen LogP contribution < -0.4 is 24.8 Å².